The molecule has 3 heterocycles. The molecule has 2 aromatic carbocycles. The van der Waals surface area contributed by atoms with E-state index in [1.54, 1.807) is 23.2 Å². The summed E-state index contributed by atoms with van der Waals surface area (Å²) in [4.78, 5) is 34.0. The van der Waals surface area contributed by atoms with Gasteiger partial charge in [0.25, 0.3) is 11.8 Å². The smallest absolute Gasteiger partial charge is 0.289 e. The van der Waals surface area contributed by atoms with Crippen LogP contribution in [0.25, 0.3) is 10.8 Å². The van der Waals surface area contributed by atoms with Crippen LogP contribution < -0.4 is 10.2 Å². The summed E-state index contributed by atoms with van der Waals surface area (Å²) in [5, 5.41) is 4.95. The minimum absolute atomic E-state index is 0.0944. The van der Waals surface area contributed by atoms with Gasteiger partial charge in [-0.2, -0.15) is 0 Å². The van der Waals surface area contributed by atoms with Crippen LogP contribution in [0.3, 0.4) is 0 Å². The second-order valence-corrected chi connectivity index (χ2v) is 8.50. The first-order chi connectivity index (χ1) is 16.6. The number of pyridine rings is 1. The van der Waals surface area contributed by atoms with Crippen molar-refractivity contribution in [2.75, 3.05) is 31.1 Å². The number of rotatable bonds is 5. The molecule has 172 valence electrons. The number of anilines is 1. The Bertz CT molecular complexity index is 1310. The number of hydrogen-bond donors (Lipinski definition) is 1. The Hall–Kier alpha value is -4.13. The molecule has 0 spiro atoms. The minimum atomic E-state index is -0.119. The highest BCUT2D eigenvalue weighted by atomic mass is 16.3. The molecule has 0 atom stereocenters. The molecule has 4 aromatic rings. The van der Waals surface area contributed by atoms with Crippen LogP contribution in [0.4, 0.5) is 5.82 Å². The number of aromatic nitrogens is 1. The summed E-state index contributed by atoms with van der Waals surface area (Å²) in [5.41, 5.74) is 2.85. The highest BCUT2D eigenvalue weighted by molar-refractivity contribution is 6.01. The summed E-state index contributed by atoms with van der Waals surface area (Å²) < 4.78 is 5.25. The third-order valence-corrected chi connectivity index (χ3v) is 6.18. The van der Waals surface area contributed by atoms with Crippen molar-refractivity contribution in [3.05, 3.63) is 95.6 Å². The summed E-state index contributed by atoms with van der Waals surface area (Å²) in [5.74, 6) is 0.975. The van der Waals surface area contributed by atoms with E-state index >= 15 is 0 Å². The van der Waals surface area contributed by atoms with E-state index in [-0.39, 0.29) is 11.8 Å². The molecule has 1 aliphatic heterocycles. The molecule has 1 saturated heterocycles. The van der Waals surface area contributed by atoms with Gasteiger partial charge in [-0.05, 0) is 48.2 Å². The van der Waals surface area contributed by atoms with Crippen LogP contribution >= 0.6 is 0 Å². The van der Waals surface area contributed by atoms with Crippen molar-refractivity contribution in [2.24, 2.45) is 0 Å². The Balaban J connectivity index is 1.30. The van der Waals surface area contributed by atoms with Crippen LogP contribution in [0, 0.1) is 6.92 Å². The van der Waals surface area contributed by atoms with Crippen molar-refractivity contribution >= 4 is 28.4 Å². The van der Waals surface area contributed by atoms with Gasteiger partial charge in [-0.1, -0.05) is 35.9 Å². The lowest BCUT2D eigenvalue weighted by atomic mass is 10.1. The largest absolute Gasteiger partial charge is 0.459 e. The fourth-order valence-corrected chi connectivity index (χ4v) is 4.21. The van der Waals surface area contributed by atoms with Gasteiger partial charge in [0.15, 0.2) is 5.76 Å². The molecule has 34 heavy (non-hydrogen) atoms. The Labute approximate surface area is 198 Å². The normalized spacial score (nSPS) is 13.8. The Morgan fingerprint density at radius 1 is 1.00 bits per heavy atom. The summed E-state index contributed by atoms with van der Waals surface area (Å²) in [7, 11) is 0. The van der Waals surface area contributed by atoms with Crippen molar-refractivity contribution in [2.45, 2.75) is 13.5 Å². The van der Waals surface area contributed by atoms with Gasteiger partial charge >= 0.3 is 0 Å². The lowest BCUT2D eigenvalue weighted by molar-refractivity contribution is 0.0714. The Morgan fingerprint density at radius 3 is 2.53 bits per heavy atom. The molecule has 5 rings (SSSR count). The van der Waals surface area contributed by atoms with Crippen molar-refractivity contribution in [1.29, 1.82) is 0 Å². The number of hydrogen-bond acceptors (Lipinski definition) is 5. The third kappa shape index (κ3) is 4.50. The number of fused-ring (bicyclic) bond motifs is 1. The fraction of sp³-hybridized carbons (Fsp3) is 0.222. The fourth-order valence-electron chi connectivity index (χ4n) is 4.21. The molecule has 0 saturated carbocycles. The predicted molar refractivity (Wildman–Crippen MR) is 131 cm³/mol. The number of piperazine rings is 1. The van der Waals surface area contributed by atoms with Crippen LogP contribution in [0.2, 0.25) is 0 Å². The summed E-state index contributed by atoms with van der Waals surface area (Å²) in [6, 6.07) is 19.2. The van der Waals surface area contributed by atoms with E-state index in [0.29, 0.717) is 44.0 Å². The van der Waals surface area contributed by atoms with E-state index in [1.807, 2.05) is 55.5 Å². The first kappa shape index (κ1) is 21.7. The average Bonchev–Trinajstić information content (AvgIpc) is 3.42. The van der Waals surface area contributed by atoms with Gasteiger partial charge in [-0.25, -0.2) is 4.98 Å². The lowest BCUT2D eigenvalue weighted by Crippen LogP contribution is -2.49. The third-order valence-electron chi connectivity index (χ3n) is 6.18. The molecule has 0 radical (unpaired) electrons. The number of amides is 2. The topological polar surface area (TPSA) is 78.7 Å². The van der Waals surface area contributed by atoms with Gasteiger partial charge in [-0.15, -0.1) is 0 Å². The quantitative estimate of drug-likeness (QED) is 0.493. The summed E-state index contributed by atoms with van der Waals surface area (Å²) >= 11 is 0. The number of carbonyl (C=O) groups excluding carboxylic acids is 2. The molecule has 2 amide bonds. The van der Waals surface area contributed by atoms with Gasteiger partial charge < -0.3 is 19.5 Å². The van der Waals surface area contributed by atoms with Gasteiger partial charge in [0.05, 0.1) is 6.26 Å². The van der Waals surface area contributed by atoms with Crippen LogP contribution in [0.1, 0.15) is 32.0 Å². The maximum absolute atomic E-state index is 12.8. The summed E-state index contributed by atoms with van der Waals surface area (Å²) in [6.07, 6.45) is 3.30. The first-order valence-corrected chi connectivity index (χ1v) is 11.4. The van der Waals surface area contributed by atoms with Gasteiger partial charge in [0.2, 0.25) is 0 Å². The molecule has 7 heteroatoms. The van der Waals surface area contributed by atoms with Crippen molar-refractivity contribution in [3.8, 4) is 0 Å². The maximum atomic E-state index is 12.8. The van der Waals surface area contributed by atoms with E-state index in [1.165, 1.54) is 11.8 Å². The lowest BCUT2D eigenvalue weighted by Gasteiger charge is -2.35. The Morgan fingerprint density at radius 2 is 1.79 bits per heavy atom. The molecule has 2 aromatic heterocycles. The van der Waals surface area contributed by atoms with Crippen LogP contribution in [0.15, 0.2) is 77.5 Å². The number of nitrogens with zero attached hydrogens (tertiary/aromatic N) is 3. The average molecular weight is 455 g/mol. The standard InChI is InChI=1S/C27H26N4O3/c1-19-4-6-20(7-5-19)18-29-26(32)22-9-8-21-10-11-28-25(23(21)17-22)30-12-14-31(15-13-30)27(33)24-3-2-16-34-24/h2-11,16-17H,12-15,18H2,1H3,(H,29,32). The van der Waals surface area contributed by atoms with Crippen LogP contribution in [-0.2, 0) is 6.54 Å². The number of furan rings is 1. The SMILES string of the molecule is Cc1ccc(CNC(=O)c2ccc3ccnc(N4CCN(C(=O)c5ccco5)CC4)c3c2)cc1. The van der Waals surface area contributed by atoms with E-state index in [9.17, 15) is 9.59 Å². The second-order valence-electron chi connectivity index (χ2n) is 8.50. The second kappa shape index (κ2) is 9.39. The van der Waals surface area contributed by atoms with E-state index in [0.717, 1.165) is 22.2 Å². The molecule has 1 fully saturated rings. The van der Waals surface area contributed by atoms with Gasteiger partial charge in [0, 0.05) is 49.9 Å². The van der Waals surface area contributed by atoms with E-state index < -0.39 is 0 Å². The van der Waals surface area contributed by atoms with Crippen molar-refractivity contribution in [1.82, 2.24) is 15.2 Å². The van der Waals surface area contributed by atoms with E-state index in [4.69, 9.17) is 4.42 Å². The molecule has 1 aliphatic rings. The number of aryl methyl sites for hydroxylation is 1. The zero-order valence-electron chi connectivity index (χ0n) is 19.0. The van der Waals surface area contributed by atoms with Gasteiger partial charge in [-0.3, -0.25) is 9.59 Å². The zero-order valence-corrected chi connectivity index (χ0v) is 19.0. The molecule has 0 aliphatic carbocycles. The zero-order chi connectivity index (χ0) is 23.5. The first-order valence-electron chi connectivity index (χ1n) is 11.4. The van der Waals surface area contributed by atoms with Gasteiger partial charge in [0.1, 0.15) is 5.82 Å². The van der Waals surface area contributed by atoms with Crippen molar-refractivity contribution in [3.63, 3.8) is 0 Å². The monoisotopic (exact) mass is 454 g/mol. The molecule has 1 N–H and O–H groups in total. The molecule has 7 nitrogen and oxygen atoms in total. The highest BCUT2D eigenvalue weighted by Gasteiger charge is 2.25. The number of benzene rings is 2. The van der Waals surface area contributed by atoms with E-state index in [2.05, 4.69) is 15.2 Å². The number of nitrogens with one attached hydrogen (secondary N) is 1. The van der Waals surface area contributed by atoms with Crippen molar-refractivity contribution < 1.29 is 14.0 Å². The molecular weight excluding hydrogens is 428 g/mol. The van der Waals surface area contributed by atoms with Crippen LogP contribution in [-0.4, -0.2) is 47.9 Å². The molecular formula is C27H26N4O3. The molecule has 0 bridgehead atoms. The number of carbonyl (C=O) groups is 2. The summed E-state index contributed by atoms with van der Waals surface area (Å²) in [6.45, 7) is 4.98. The maximum Gasteiger partial charge on any atom is 0.289 e. The Kier molecular flexibility index (Phi) is 5.99. The highest BCUT2D eigenvalue weighted by Crippen LogP contribution is 2.27. The minimum Gasteiger partial charge on any atom is -0.459 e. The van der Waals surface area contributed by atoms with Crippen LogP contribution in [0.5, 0.6) is 0 Å². The molecule has 0 unspecified atom stereocenters. The predicted octanol–water partition coefficient (Wildman–Crippen LogP) is 4.03.